The van der Waals surface area contributed by atoms with E-state index in [0.29, 0.717) is 0 Å². The van der Waals surface area contributed by atoms with E-state index in [4.69, 9.17) is 4.74 Å². The molecule has 0 saturated carbocycles. The molecule has 0 aliphatic carbocycles. The summed E-state index contributed by atoms with van der Waals surface area (Å²) in [5.41, 5.74) is 0.773. The molecule has 0 aliphatic rings. The minimum Gasteiger partial charge on any atom is -0.468 e. The molecule has 3 heteroatoms. The third kappa shape index (κ3) is 2.31. The number of hydrogen-bond acceptors (Lipinski definition) is 3. The zero-order valence-corrected chi connectivity index (χ0v) is 8.73. The summed E-state index contributed by atoms with van der Waals surface area (Å²) >= 11 is 0. The van der Waals surface area contributed by atoms with E-state index in [1.165, 1.54) is 7.11 Å². The van der Waals surface area contributed by atoms with Gasteiger partial charge in [0.2, 0.25) is 0 Å². The van der Waals surface area contributed by atoms with E-state index >= 15 is 0 Å². The van der Waals surface area contributed by atoms with Crippen LogP contribution in [0.15, 0.2) is 24.4 Å². The van der Waals surface area contributed by atoms with Crippen molar-refractivity contribution in [3.63, 3.8) is 0 Å². The van der Waals surface area contributed by atoms with E-state index in [1.54, 1.807) is 6.20 Å². The molecule has 76 valence electrons. The zero-order valence-electron chi connectivity index (χ0n) is 8.73. The van der Waals surface area contributed by atoms with Gasteiger partial charge >= 0.3 is 5.97 Å². The fourth-order valence-corrected chi connectivity index (χ4v) is 1.42. The Morgan fingerprint density at radius 2 is 2.14 bits per heavy atom. The highest BCUT2D eigenvalue weighted by Gasteiger charge is 2.25. The normalized spacial score (nSPS) is 12.6. The number of nitrogens with zero attached hydrogens (tertiary/aromatic N) is 1. The molecule has 1 unspecified atom stereocenters. The number of carbonyl (C=O) groups is 1. The lowest BCUT2D eigenvalue weighted by Gasteiger charge is -2.17. The molecule has 3 nitrogen and oxygen atoms in total. The number of carbonyl (C=O) groups excluding carboxylic acids is 1. The average molecular weight is 193 g/mol. The predicted octanol–water partition coefficient (Wildman–Crippen LogP) is 1.99. The molecule has 0 N–H and O–H groups in total. The van der Waals surface area contributed by atoms with E-state index in [9.17, 15) is 4.79 Å². The first-order valence-corrected chi connectivity index (χ1v) is 4.65. The van der Waals surface area contributed by atoms with Gasteiger partial charge in [-0.05, 0) is 18.1 Å². The lowest BCUT2D eigenvalue weighted by Crippen LogP contribution is -2.20. The van der Waals surface area contributed by atoms with Crippen LogP contribution in [0.5, 0.6) is 0 Å². The van der Waals surface area contributed by atoms with Gasteiger partial charge in [0.1, 0.15) is 5.92 Å². The number of ether oxygens (including phenoxy) is 1. The Morgan fingerprint density at radius 3 is 2.57 bits per heavy atom. The van der Waals surface area contributed by atoms with E-state index in [-0.39, 0.29) is 17.8 Å². The van der Waals surface area contributed by atoms with Crippen molar-refractivity contribution in [2.75, 3.05) is 7.11 Å². The monoisotopic (exact) mass is 193 g/mol. The Morgan fingerprint density at radius 1 is 1.43 bits per heavy atom. The Balaban J connectivity index is 2.95. The highest BCUT2D eigenvalue weighted by atomic mass is 16.5. The number of hydrogen-bond donors (Lipinski definition) is 0. The molecular weight excluding hydrogens is 178 g/mol. The molecule has 0 fully saturated rings. The summed E-state index contributed by atoms with van der Waals surface area (Å²) in [6, 6.07) is 5.56. The van der Waals surface area contributed by atoms with Crippen molar-refractivity contribution in [3.05, 3.63) is 30.1 Å². The van der Waals surface area contributed by atoms with Crippen LogP contribution < -0.4 is 0 Å². The van der Waals surface area contributed by atoms with Crippen LogP contribution in [-0.2, 0) is 9.53 Å². The van der Waals surface area contributed by atoms with E-state index < -0.39 is 0 Å². The van der Waals surface area contributed by atoms with Crippen molar-refractivity contribution in [3.8, 4) is 0 Å². The van der Waals surface area contributed by atoms with Crippen LogP contribution in [0.25, 0.3) is 0 Å². The van der Waals surface area contributed by atoms with E-state index in [0.717, 1.165) is 5.69 Å². The molecule has 0 saturated heterocycles. The fourth-order valence-electron chi connectivity index (χ4n) is 1.42. The summed E-state index contributed by atoms with van der Waals surface area (Å²) in [7, 11) is 1.40. The maximum atomic E-state index is 11.5. The molecule has 0 amide bonds. The second-order valence-electron chi connectivity index (χ2n) is 3.50. The first-order valence-electron chi connectivity index (χ1n) is 4.65. The lowest BCUT2D eigenvalue weighted by molar-refractivity contribution is -0.143. The van der Waals surface area contributed by atoms with Gasteiger partial charge in [-0.2, -0.15) is 0 Å². The third-order valence-corrected chi connectivity index (χ3v) is 2.13. The summed E-state index contributed by atoms with van der Waals surface area (Å²) in [5.74, 6) is -0.294. The maximum Gasteiger partial charge on any atom is 0.315 e. The van der Waals surface area contributed by atoms with Crippen LogP contribution >= 0.6 is 0 Å². The summed E-state index contributed by atoms with van der Waals surface area (Å²) in [5, 5.41) is 0. The van der Waals surface area contributed by atoms with Gasteiger partial charge in [-0.25, -0.2) is 0 Å². The van der Waals surface area contributed by atoms with Crippen LogP contribution in [-0.4, -0.2) is 18.1 Å². The van der Waals surface area contributed by atoms with Gasteiger partial charge in [-0.15, -0.1) is 0 Å². The van der Waals surface area contributed by atoms with Crippen LogP contribution in [0.1, 0.15) is 25.5 Å². The van der Waals surface area contributed by atoms with Gasteiger partial charge < -0.3 is 4.74 Å². The molecule has 0 radical (unpaired) electrons. The average Bonchev–Trinajstić information content (AvgIpc) is 2.19. The SMILES string of the molecule is COC(=O)C(c1ccccn1)C(C)C. The van der Waals surface area contributed by atoms with E-state index in [2.05, 4.69) is 4.98 Å². The third-order valence-electron chi connectivity index (χ3n) is 2.13. The predicted molar refractivity (Wildman–Crippen MR) is 53.8 cm³/mol. The van der Waals surface area contributed by atoms with Crippen molar-refractivity contribution in [1.82, 2.24) is 4.98 Å². The smallest absolute Gasteiger partial charge is 0.315 e. The molecule has 1 atom stereocenters. The molecule has 1 aromatic rings. The summed E-state index contributed by atoms with van der Waals surface area (Å²) in [4.78, 5) is 15.7. The minimum atomic E-state index is -0.263. The molecule has 0 bridgehead atoms. The molecule has 1 heterocycles. The number of esters is 1. The van der Waals surface area contributed by atoms with Crippen LogP contribution in [0.3, 0.4) is 0 Å². The second kappa shape index (κ2) is 4.74. The second-order valence-corrected chi connectivity index (χ2v) is 3.50. The highest BCUT2D eigenvalue weighted by molar-refractivity contribution is 5.77. The van der Waals surface area contributed by atoms with Gasteiger partial charge in [0.05, 0.1) is 12.8 Å². The molecule has 0 spiro atoms. The minimum absolute atomic E-state index is 0.192. The highest BCUT2D eigenvalue weighted by Crippen LogP contribution is 2.23. The number of methoxy groups -OCH3 is 1. The molecule has 0 aliphatic heterocycles. The summed E-state index contributed by atoms with van der Waals surface area (Å²) in [6.45, 7) is 3.96. The maximum absolute atomic E-state index is 11.5. The Kier molecular flexibility index (Phi) is 3.63. The number of rotatable bonds is 3. The molecule has 1 rings (SSSR count). The summed E-state index contributed by atoms with van der Waals surface area (Å²) < 4.78 is 4.75. The first kappa shape index (κ1) is 10.7. The van der Waals surface area contributed by atoms with Gasteiger partial charge in [0.15, 0.2) is 0 Å². The summed E-state index contributed by atoms with van der Waals surface area (Å²) in [6.07, 6.45) is 1.69. The van der Waals surface area contributed by atoms with Gasteiger partial charge in [0.25, 0.3) is 0 Å². The zero-order chi connectivity index (χ0) is 10.6. The lowest BCUT2D eigenvalue weighted by atomic mass is 9.92. The molecule has 14 heavy (non-hydrogen) atoms. The van der Waals surface area contributed by atoms with Gasteiger partial charge in [-0.3, -0.25) is 9.78 Å². The van der Waals surface area contributed by atoms with E-state index in [1.807, 2.05) is 32.0 Å². The van der Waals surface area contributed by atoms with Crippen molar-refractivity contribution >= 4 is 5.97 Å². The standard InChI is InChI=1S/C11H15NO2/c1-8(2)10(11(13)14-3)9-6-4-5-7-12-9/h4-8,10H,1-3H3. The largest absolute Gasteiger partial charge is 0.468 e. The fraction of sp³-hybridized carbons (Fsp3) is 0.455. The van der Waals surface area contributed by atoms with Gasteiger partial charge in [0, 0.05) is 6.20 Å². The number of aromatic nitrogens is 1. The van der Waals surface area contributed by atoms with Crippen molar-refractivity contribution in [2.24, 2.45) is 5.92 Å². The van der Waals surface area contributed by atoms with Crippen molar-refractivity contribution < 1.29 is 9.53 Å². The molecule has 1 aromatic heterocycles. The number of pyridine rings is 1. The van der Waals surface area contributed by atoms with Gasteiger partial charge in [-0.1, -0.05) is 19.9 Å². The Hall–Kier alpha value is -1.38. The first-order chi connectivity index (χ1) is 6.66. The van der Waals surface area contributed by atoms with Crippen LogP contribution in [0.2, 0.25) is 0 Å². The Bertz CT molecular complexity index is 295. The van der Waals surface area contributed by atoms with Crippen molar-refractivity contribution in [2.45, 2.75) is 19.8 Å². The molecule has 0 aromatic carbocycles. The topological polar surface area (TPSA) is 39.2 Å². The molecular formula is C11H15NO2. The Labute approximate surface area is 84.1 Å². The van der Waals surface area contributed by atoms with Crippen LogP contribution in [0, 0.1) is 5.92 Å². The van der Waals surface area contributed by atoms with Crippen LogP contribution in [0.4, 0.5) is 0 Å². The quantitative estimate of drug-likeness (QED) is 0.689. The van der Waals surface area contributed by atoms with Crippen molar-refractivity contribution in [1.29, 1.82) is 0 Å².